The van der Waals surface area contributed by atoms with Crippen molar-refractivity contribution >= 4 is 29.0 Å². The molecule has 0 saturated heterocycles. The number of nitrogens with zero attached hydrogens (tertiary/aromatic N) is 1. The van der Waals surface area contributed by atoms with E-state index in [1.54, 1.807) is 7.11 Å². The highest BCUT2D eigenvalue weighted by molar-refractivity contribution is 7.80. The standard InChI is InChI=1S/C21H22N2O3S/c1-13-6-5-7-15(12-13)19-18(20(24)26-4)14(2)23(21(27)22-19)16-8-10-17(25-3)11-9-16/h5-12,19H,1-4H3,(H,22,27)/t19-/m0/s1. The van der Waals surface area contributed by atoms with Gasteiger partial charge in [0.2, 0.25) is 0 Å². The number of hydrogen-bond donors (Lipinski definition) is 1. The Balaban J connectivity index is 2.11. The number of anilines is 1. The third-order valence-electron chi connectivity index (χ3n) is 4.60. The van der Waals surface area contributed by atoms with Crippen molar-refractivity contribution in [2.45, 2.75) is 19.9 Å². The second kappa shape index (κ2) is 7.80. The van der Waals surface area contributed by atoms with Gasteiger partial charge in [-0.3, -0.25) is 4.90 Å². The van der Waals surface area contributed by atoms with Gasteiger partial charge in [-0.2, -0.15) is 0 Å². The Bertz CT molecular complexity index is 906. The van der Waals surface area contributed by atoms with Crippen LogP contribution in [0, 0.1) is 6.92 Å². The minimum Gasteiger partial charge on any atom is -0.497 e. The average Bonchev–Trinajstić information content (AvgIpc) is 2.67. The van der Waals surface area contributed by atoms with E-state index in [9.17, 15) is 4.79 Å². The monoisotopic (exact) mass is 382 g/mol. The number of carbonyl (C=O) groups is 1. The van der Waals surface area contributed by atoms with Gasteiger partial charge in [-0.25, -0.2) is 4.79 Å². The summed E-state index contributed by atoms with van der Waals surface area (Å²) in [7, 11) is 3.01. The van der Waals surface area contributed by atoms with Gasteiger partial charge in [0.1, 0.15) is 5.75 Å². The van der Waals surface area contributed by atoms with E-state index in [0.717, 1.165) is 28.3 Å². The van der Waals surface area contributed by atoms with Crippen LogP contribution in [-0.2, 0) is 9.53 Å². The van der Waals surface area contributed by atoms with Gasteiger partial charge in [0, 0.05) is 11.4 Å². The van der Waals surface area contributed by atoms with Crippen molar-refractivity contribution < 1.29 is 14.3 Å². The Morgan fingerprint density at radius 1 is 1.11 bits per heavy atom. The molecule has 0 amide bonds. The highest BCUT2D eigenvalue weighted by Gasteiger charge is 2.35. The van der Waals surface area contributed by atoms with Gasteiger partial charge < -0.3 is 14.8 Å². The molecule has 1 N–H and O–H groups in total. The molecule has 0 aromatic heterocycles. The molecule has 1 atom stereocenters. The summed E-state index contributed by atoms with van der Waals surface area (Å²) in [6.45, 7) is 3.90. The predicted octanol–water partition coefficient (Wildman–Crippen LogP) is 3.89. The lowest BCUT2D eigenvalue weighted by Crippen LogP contribution is -2.48. The fourth-order valence-electron chi connectivity index (χ4n) is 3.26. The first kappa shape index (κ1) is 18.9. The number of ether oxygens (including phenoxy) is 2. The van der Waals surface area contributed by atoms with Gasteiger partial charge in [0.25, 0.3) is 0 Å². The van der Waals surface area contributed by atoms with Crippen molar-refractivity contribution in [3.8, 4) is 5.75 Å². The van der Waals surface area contributed by atoms with E-state index < -0.39 is 0 Å². The van der Waals surface area contributed by atoms with E-state index in [1.165, 1.54) is 7.11 Å². The Morgan fingerprint density at radius 3 is 2.41 bits per heavy atom. The van der Waals surface area contributed by atoms with Crippen molar-refractivity contribution in [2.75, 3.05) is 19.1 Å². The zero-order valence-corrected chi connectivity index (χ0v) is 16.6. The second-order valence-corrected chi connectivity index (χ2v) is 6.71. The van der Waals surface area contributed by atoms with Crippen molar-refractivity contribution in [1.82, 2.24) is 5.32 Å². The summed E-state index contributed by atoms with van der Waals surface area (Å²) in [5, 5.41) is 3.83. The Morgan fingerprint density at radius 2 is 1.81 bits per heavy atom. The lowest BCUT2D eigenvalue weighted by molar-refractivity contribution is -0.136. The molecule has 0 unspecified atom stereocenters. The van der Waals surface area contributed by atoms with Crippen LogP contribution in [0.1, 0.15) is 24.1 Å². The zero-order valence-electron chi connectivity index (χ0n) is 15.8. The van der Waals surface area contributed by atoms with Crippen LogP contribution in [0.3, 0.4) is 0 Å². The molecule has 27 heavy (non-hydrogen) atoms. The first-order valence-electron chi connectivity index (χ1n) is 8.56. The van der Waals surface area contributed by atoms with Gasteiger partial charge >= 0.3 is 5.97 Å². The zero-order chi connectivity index (χ0) is 19.6. The van der Waals surface area contributed by atoms with Crippen molar-refractivity contribution in [1.29, 1.82) is 0 Å². The summed E-state index contributed by atoms with van der Waals surface area (Å²) in [4.78, 5) is 14.5. The first-order chi connectivity index (χ1) is 13.0. The molecule has 0 spiro atoms. The fourth-order valence-corrected chi connectivity index (χ4v) is 3.62. The number of allylic oxidation sites excluding steroid dienone is 1. The Kier molecular flexibility index (Phi) is 5.46. The molecule has 1 aliphatic heterocycles. The molecule has 0 fully saturated rings. The molecule has 2 aromatic rings. The van der Waals surface area contributed by atoms with Gasteiger partial charge in [-0.1, -0.05) is 29.8 Å². The summed E-state index contributed by atoms with van der Waals surface area (Å²) in [5.41, 5.74) is 4.19. The van der Waals surface area contributed by atoms with Gasteiger partial charge in [-0.15, -0.1) is 0 Å². The minimum absolute atomic E-state index is 0.362. The molecule has 2 aromatic carbocycles. The number of rotatable bonds is 4. The van der Waals surface area contributed by atoms with Gasteiger partial charge in [0.15, 0.2) is 5.11 Å². The third kappa shape index (κ3) is 3.66. The molecule has 0 bridgehead atoms. The normalized spacial score (nSPS) is 16.8. The van der Waals surface area contributed by atoms with Gasteiger partial charge in [0.05, 0.1) is 25.8 Å². The molecule has 1 heterocycles. The van der Waals surface area contributed by atoms with E-state index in [4.69, 9.17) is 21.7 Å². The second-order valence-electron chi connectivity index (χ2n) is 6.32. The summed E-state index contributed by atoms with van der Waals surface area (Å²) in [5.74, 6) is 0.370. The molecule has 0 aliphatic carbocycles. The summed E-state index contributed by atoms with van der Waals surface area (Å²) in [6, 6.07) is 15.2. The molecule has 0 saturated carbocycles. The van der Waals surface area contributed by atoms with Gasteiger partial charge in [-0.05, 0) is 55.9 Å². The van der Waals surface area contributed by atoms with Crippen LogP contribution in [0.4, 0.5) is 5.69 Å². The number of hydrogen-bond acceptors (Lipinski definition) is 4. The summed E-state index contributed by atoms with van der Waals surface area (Å²) >= 11 is 5.63. The number of benzene rings is 2. The van der Waals surface area contributed by atoms with Crippen LogP contribution < -0.4 is 15.0 Å². The van der Waals surface area contributed by atoms with Crippen LogP contribution in [0.5, 0.6) is 5.75 Å². The average molecular weight is 382 g/mol. The number of aryl methyl sites for hydroxylation is 1. The number of carbonyl (C=O) groups excluding carboxylic acids is 1. The molecule has 0 radical (unpaired) electrons. The number of nitrogens with one attached hydrogen (secondary N) is 1. The van der Waals surface area contributed by atoms with E-state index in [2.05, 4.69) is 5.32 Å². The number of methoxy groups -OCH3 is 2. The predicted molar refractivity (Wildman–Crippen MR) is 110 cm³/mol. The summed E-state index contributed by atoms with van der Waals surface area (Å²) in [6.07, 6.45) is 0. The van der Waals surface area contributed by atoms with Crippen molar-refractivity contribution in [3.05, 3.63) is 70.9 Å². The third-order valence-corrected chi connectivity index (χ3v) is 4.90. The largest absolute Gasteiger partial charge is 0.497 e. The minimum atomic E-state index is -0.382. The maximum atomic E-state index is 12.6. The van der Waals surface area contributed by atoms with Crippen molar-refractivity contribution in [2.24, 2.45) is 0 Å². The first-order valence-corrected chi connectivity index (χ1v) is 8.97. The van der Waals surface area contributed by atoms with Crippen LogP contribution in [0.25, 0.3) is 0 Å². The van der Waals surface area contributed by atoms with Crippen molar-refractivity contribution in [3.63, 3.8) is 0 Å². The molecular weight excluding hydrogens is 360 g/mol. The smallest absolute Gasteiger partial charge is 0.337 e. The number of thiocarbonyl (C=S) groups is 1. The number of esters is 1. The van der Waals surface area contributed by atoms with E-state index in [1.807, 2.05) is 67.3 Å². The quantitative estimate of drug-likeness (QED) is 0.640. The van der Waals surface area contributed by atoms with Crippen LogP contribution in [0.15, 0.2) is 59.8 Å². The molecule has 3 rings (SSSR count). The van der Waals surface area contributed by atoms with Crippen LogP contribution in [0.2, 0.25) is 0 Å². The maximum Gasteiger partial charge on any atom is 0.337 e. The van der Waals surface area contributed by atoms with Crippen LogP contribution in [-0.4, -0.2) is 25.3 Å². The fraction of sp³-hybridized carbons (Fsp3) is 0.238. The van der Waals surface area contributed by atoms with E-state index >= 15 is 0 Å². The summed E-state index contributed by atoms with van der Waals surface area (Å²) < 4.78 is 10.3. The van der Waals surface area contributed by atoms with Crippen LogP contribution >= 0.6 is 12.2 Å². The molecule has 5 nitrogen and oxygen atoms in total. The lowest BCUT2D eigenvalue weighted by Gasteiger charge is -2.37. The Hall–Kier alpha value is -2.86. The maximum absolute atomic E-state index is 12.6. The molecule has 1 aliphatic rings. The lowest BCUT2D eigenvalue weighted by atomic mass is 9.94. The SMILES string of the molecule is COC(=O)C1=C(C)N(c2ccc(OC)cc2)C(=S)N[C@H]1c1cccc(C)c1. The topological polar surface area (TPSA) is 50.8 Å². The molecule has 6 heteroatoms. The highest BCUT2D eigenvalue weighted by atomic mass is 32.1. The van der Waals surface area contributed by atoms with E-state index in [0.29, 0.717) is 10.7 Å². The molecule has 140 valence electrons. The Labute approximate surface area is 164 Å². The highest BCUT2D eigenvalue weighted by Crippen LogP contribution is 2.34. The molecular formula is C21H22N2O3S. The van der Waals surface area contributed by atoms with E-state index in [-0.39, 0.29) is 12.0 Å².